The van der Waals surface area contributed by atoms with E-state index in [4.69, 9.17) is 14.2 Å². The van der Waals surface area contributed by atoms with Gasteiger partial charge in [0.25, 0.3) is 0 Å². The molecule has 43 heavy (non-hydrogen) atoms. The first-order valence-corrected chi connectivity index (χ1v) is 15.3. The smallest absolute Gasteiger partial charge is 0.343 e. The molecule has 0 aliphatic carbocycles. The molecule has 0 amide bonds. The number of esters is 2. The third-order valence-electron chi connectivity index (χ3n) is 6.79. The Kier molecular flexibility index (Phi) is 14.6. The van der Waals surface area contributed by atoms with Gasteiger partial charge in [0.1, 0.15) is 17.2 Å². The molecule has 0 spiro atoms. The number of ether oxygens (including phenoxy) is 3. The van der Waals surface area contributed by atoms with Crippen LogP contribution in [0.3, 0.4) is 0 Å². The molecular formula is C36H43NO6. The minimum atomic E-state index is -0.538. The van der Waals surface area contributed by atoms with Gasteiger partial charge in [-0.1, -0.05) is 64.7 Å². The maximum Gasteiger partial charge on any atom is 0.343 e. The molecule has 0 unspecified atom stereocenters. The number of nitrogens with one attached hydrogen (secondary N) is 1. The number of anilines is 1. The van der Waals surface area contributed by atoms with E-state index in [1.54, 1.807) is 66.9 Å². The largest absolute Gasteiger partial charge is 0.494 e. The Bertz CT molecular complexity index is 1300. The maximum atomic E-state index is 12.6. The minimum absolute atomic E-state index is 0.0622. The monoisotopic (exact) mass is 585 g/mol. The van der Waals surface area contributed by atoms with Crippen LogP contribution in [0.2, 0.25) is 0 Å². The van der Waals surface area contributed by atoms with E-state index < -0.39 is 11.9 Å². The van der Waals surface area contributed by atoms with Gasteiger partial charge in [0.05, 0.1) is 17.7 Å². The normalized spacial score (nSPS) is 10.8. The van der Waals surface area contributed by atoms with Crippen LogP contribution in [0, 0.1) is 0 Å². The van der Waals surface area contributed by atoms with Crippen LogP contribution in [-0.4, -0.2) is 24.3 Å². The van der Waals surface area contributed by atoms with Crippen molar-refractivity contribution in [2.75, 3.05) is 11.9 Å². The number of carbonyl (C=O) groups excluding carboxylic acids is 3. The first-order valence-electron chi connectivity index (χ1n) is 15.3. The van der Waals surface area contributed by atoms with Crippen LogP contribution in [0.1, 0.15) is 98.8 Å². The summed E-state index contributed by atoms with van der Waals surface area (Å²) in [7, 11) is 0. The molecule has 0 aliphatic heterocycles. The molecule has 1 N–H and O–H groups in total. The van der Waals surface area contributed by atoms with Gasteiger partial charge in [-0.15, -0.1) is 0 Å². The van der Waals surface area contributed by atoms with Gasteiger partial charge in [-0.25, -0.2) is 9.59 Å². The van der Waals surface area contributed by atoms with Crippen LogP contribution < -0.4 is 19.5 Å². The van der Waals surface area contributed by atoms with Crippen molar-refractivity contribution in [1.82, 2.24) is 0 Å². The Morgan fingerprint density at radius 1 is 0.605 bits per heavy atom. The van der Waals surface area contributed by atoms with Gasteiger partial charge in [-0.3, -0.25) is 4.79 Å². The number of allylic oxidation sites excluding steroid dienone is 1. The minimum Gasteiger partial charge on any atom is -0.494 e. The van der Waals surface area contributed by atoms with Gasteiger partial charge in [0.15, 0.2) is 5.78 Å². The summed E-state index contributed by atoms with van der Waals surface area (Å²) >= 11 is 0. The molecule has 0 aromatic heterocycles. The fourth-order valence-electron chi connectivity index (χ4n) is 4.33. The first-order chi connectivity index (χ1) is 20.9. The SMILES string of the molecule is CCCCCCCCCCCCOc1ccc(C(=O)Oc2ccc(C(=O)Oc3ccc(N/C=C\C(C)=O)cc3)cc2)cc1. The second kappa shape index (κ2) is 18.9. The van der Waals surface area contributed by atoms with Crippen molar-refractivity contribution in [3.63, 3.8) is 0 Å². The Labute approximate surface area is 255 Å². The van der Waals surface area contributed by atoms with Crippen molar-refractivity contribution in [2.24, 2.45) is 0 Å². The van der Waals surface area contributed by atoms with E-state index in [1.807, 2.05) is 0 Å². The highest BCUT2D eigenvalue weighted by Crippen LogP contribution is 2.20. The molecule has 3 aromatic rings. The molecule has 0 radical (unpaired) electrons. The Hall–Kier alpha value is -4.39. The molecule has 0 saturated carbocycles. The highest BCUT2D eigenvalue weighted by atomic mass is 16.5. The summed E-state index contributed by atoms with van der Waals surface area (Å²) in [6.45, 7) is 4.38. The highest BCUT2D eigenvalue weighted by Gasteiger charge is 2.12. The predicted octanol–water partition coefficient (Wildman–Crippen LogP) is 8.94. The maximum absolute atomic E-state index is 12.6. The van der Waals surface area contributed by atoms with Crippen LogP contribution >= 0.6 is 0 Å². The number of carbonyl (C=O) groups is 3. The first kappa shape index (κ1) is 33.1. The van der Waals surface area contributed by atoms with Gasteiger partial charge in [-0.2, -0.15) is 0 Å². The van der Waals surface area contributed by atoms with Crippen molar-refractivity contribution in [1.29, 1.82) is 0 Å². The van der Waals surface area contributed by atoms with Crippen LogP contribution in [0.4, 0.5) is 5.69 Å². The molecule has 0 saturated heterocycles. The van der Waals surface area contributed by atoms with Crippen molar-refractivity contribution in [3.8, 4) is 17.2 Å². The lowest BCUT2D eigenvalue weighted by Crippen LogP contribution is -2.10. The van der Waals surface area contributed by atoms with Gasteiger partial charge in [0, 0.05) is 11.9 Å². The summed E-state index contributed by atoms with van der Waals surface area (Å²) < 4.78 is 16.7. The van der Waals surface area contributed by atoms with Crippen molar-refractivity contribution >= 4 is 23.4 Å². The molecule has 0 atom stereocenters. The summed E-state index contributed by atoms with van der Waals surface area (Å²) in [6.07, 6.45) is 15.8. The van der Waals surface area contributed by atoms with Gasteiger partial charge in [0.2, 0.25) is 0 Å². The summed E-state index contributed by atoms with van der Waals surface area (Å²) in [5, 5.41) is 2.96. The standard InChI is InChI=1S/C36H43NO6/c1-3-4-5-6-7-8-9-10-11-12-27-41-32-19-13-29(14-20-32)35(39)42-33-21-15-30(16-22-33)36(40)43-34-23-17-31(18-24-34)37-26-25-28(2)38/h13-26,37H,3-12,27H2,1-2H3/b26-25-. The summed E-state index contributed by atoms with van der Waals surface area (Å²) in [4.78, 5) is 36.1. The Balaban J connectivity index is 1.35. The van der Waals surface area contributed by atoms with E-state index >= 15 is 0 Å². The van der Waals surface area contributed by atoms with Crippen molar-refractivity contribution in [2.45, 2.75) is 78.1 Å². The fraction of sp³-hybridized carbons (Fsp3) is 0.361. The van der Waals surface area contributed by atoms with Gasteiger partial charge >= 0.3 is 11.9 Å². The quantitative estimate of drug-likeness (QED) is 0.0650. The lowest BCUT2D eigenvalue weighted by molar-refractivity contribution is -0.112. The summed E-state index contributed by atoms with van der Waals surface area (Å²) in [5.41, 5.74) is 1.47. The topological polar surface area (TPSA) is 90.9 Å². The fourth-order valence-corrected chi connectivity index (χ4v) is 4.33. The molecule has 0 fully saturated rings. The lowest BCUT2D eigenvalue weighted by Gasteiger charge is -2.09. The number of rotatable bonds is 19. The molecule has 228 valence electrons. The summed E-state index contributed by atoms with van der Waals surface area (Å²) in [5.74, 6) is 0.320. The van der Waals surface area contributed by atoms with E-state index in [0.717, 1.165) is 17.9 Å². The van der Waals surface area contributed by atoms with Crippen LogP contribution in [0.15, 0.2) is 85.1 Å². The second-order valence-electron chi connectivity index (χ2n) is 10.5. The van der Waals surface area contributed by atoms with Gasteiger partial charge in [-0.05, 0) is 92.2 Å². The van der Waals surface area contributed by atoms with E-state index in [-0.39, 0.29) is 5.78 Å². The molecule has 0 bridgehead atoms. The van der Waals surface area contributed by atoms with Gasteiger partial charge < -0.3 is 19.5 Å². The number of benzene rings is 3. The average Bonchev–Trinajstić information content (AvgIpc) is 3.01. The average molecular weight is 586 g/mol. The second-order valence-corrected chi connectivity index (χ2v) is 10.5. The van der Waals surface area contributed by atoms with Crippen LogP contribution in [0.5, 0.6) is 17.2 Å². The molecule has 0 heterocycles. The Morgan fingerprint density at radius 3 is 1.53 bits per heavy atom. The van der Waals surface area contributed by atoms with Crippen LogP contribution in [-0.2, 0) is 4.79 Å². The highest BCUT2D eigenvalue weighted by molar-refractivity contribution is 5.92. The molecular weight excluding hydrogens is 542 g/mol. The number of unbranched alkanes of at least 4 members (excludes halogenated alkanes) is 9. The lowest BCUT2D eigenvalue weighted by atomic mass is 10.1. The number of hydrogen-bond acceptors (Lipinski definition) is 7. The third kappa shape index (κ3) is 13.0. The zero-order valence-electron chi connectivity index (χ0n) is 25.3. The van der Waals surface area contributed by atoms with Crippen molar-refractivity contribution in [3.05, 3.63) is 96.2 Å². The Morgan fingerprint density at radius 2 is 1.05 bits per heavy atom. The molecule has 3 aromatic carbocycles. The summed E-state index contributed by atoms with van der Waals surface area (Å²) in [6, 6.07) is 19.8. The van der Waals surface area contributed by atoms with E-state index in [0.29, 0.717) is 29.2 Å². The zero-order chi connectivity index (χ0) is 30.7. The van der Waals surface area contributed by atoms with E-state index in [2.05, 4.69) is 12.2 Å². The van der Waals surface area contributed by atoms with Crippen molar-refractivity contribution < 1.29 is 28.6 Å². The number of hydrogen-bond donors (Lipinski definition) is 1. The van der Waals surface area contributed by atoms with E-state index in [9.17, 15) is 14.4 Å². The van der Waals surface area contributed by atoms with E-state index in [1.165, 1.54) is 82.9 Å². The zero-order valence-corrected chi connectivity index (χ0v) is 25.3. The molecule has 7 nitrogen and oxygen atoms in total. The molecule has 7 heteroatoms. The molecule has 3 rings (SSSR count). The molecule has 0 aliphatic rings. The predicted molar refractivity (Wildman–Crippen MR) is 170 cm³/mol. The number of ketones is 1. The van der Waals surface area contributed by atoms with Crippen LogP contribution in [0.25, 0.3) is 0 Å². The third-order valence-corrected chi connectivity index (χ3v) is 6.79.